The van der Waals surface area contributed by atoms with Crippen LogP contribution >= 0.6 is 0 Å². The van der Waals surface area contributed by atoms with Crippen molar-refractivity contribution >= 4 is 12.0 Å². The zero-order chi connectivity index (χ0) is 14.6. The lowest BCUT2D eigenvalue weighted by atomic mass is 9.86. The molecule has 1 saturated heterocycles. The third-order valence-corrected chi connectivity index (χ3v) is 4.05. The minimum absolute atomic E-state index is 0.0243. The fraction of sp³-hybridized carbons (Fsp3) is 0.857. The average Bonchev–Trinajstić information content (AvgIpc) is 2.32. The van der Waals surface area contributed by atoms with Crippen LogP contribution in [0.5, 0.6) is 0 Å². The van der Waals surface area contributed by atoms with Crippen LogP contribution in [0.25, 0.3) is 0 Å². The number of amides is 2. The molecule has 0 aromatic rings. The van der Waals surface area contributed by atoms with E-state index < -0.39 is 5.97 Å². The summed E-state index contributed by atoms with van der Waals surface area (Å²) in [7, 11) is 1.75. The van der Waals surface area contributed by atoms with Gasteiger partial charge in [-0.15, -0.1) is 0 Å². The number of carboxylic acids is 1. The Kier molecular flexibility index (Phi) is 5.63. The molecule has 1 aliphatic rings. The fourth-order valence-electron chi connectivity index (χ4n) is 2.75. The maximum absolute atomic E-state index is 12.4. The molecule has 3 unspecified atom stereocenters. The van der Waals surface area contributed by atoms with Crippen LogP contribution < -0.4 is 0 Å². The highest BCUT2D eigenvalue weighted by atomic mass is 16.4. The molecular formula is C14H26N2O3. The molecule has 1 fully saturated rings. The highest BCUT2D eigenvalue weighted by Gasteiger charge is 2.33. The third kappa shape index (κ3) is 4.40. The van der Waals surface area contributed by atoms with Gasteiger partial charge >= 0.3 is 12.0 Å². The highest BCUT2D eigenvalue weighted by Crippen LogP contribution is 2.27. The van der Waals surface area contributed by atoms with Gasteiger partial charge in [0, 0.05) is 32.6 Å². The highest BCUT2D eigenvalue weighted by molar-refractivity contribution is 5.74. The number of hydrogen-bond donors (Lipinski definition) is 1. The third-order valence-electron chi connectivity index (χ3n) is 4.05. The zero-order valence-corrected chi connectivity index (χ0v) is 12.4. The van der Waals surface area contributed by atoms with Crippen LogP contribution in [0.15, 0.2) is 0 Å². The second-order valence-electron chi connectivity index (χ2n) is 5.91. The van der Waals surface area contributed by atoms with E-state index in [1.165, 1.54) is 0 Å². The molecule has 1 N–H and O–H groups in total. The van der Waals surface area contributed by atoms with Crippen LogP contribution in [0.4, 0.5) is 4.79 Å². The first-order chi connectivity index (χ1) is 8.82. The number of piperidine rings is 1. The first-order valence-corrected chi connectivity index (χ1v) is 7.06. The molecular weight excluding hydrogens is 244 g/mol. The first kappa shape index (κ1) is 15.8. The van der Waals surface area contributed by atoms with E-state index in [1.54, 1.807) is 11.9 Å². The Morgan fingerprint density at radius 3 is 2.53 bits per heavy atom. The van der Waals surface area contributed by atoms with E-state index in [2.05, 4.69) is 20.8 Å². The molecule has 1 aliphatic heterocycles. The van der Waals surface area contributed by atoms with Crippen LogP contribution in [0.2, 0.25) is 0 Å². The van der Waals surface area contributed by atoms with Crippen LogP contribution in [0, 0.1) is 11.8 Å². The lowest BCUT2D eigenvalue weighted by molar-refractivity contribution is -0.137. The molecule has 5 heteroatoms. The molecule has 0 bridgehead atoms. The Balaban J connectivity index is 2.52. The summed E-state index contributed by atoms with van der Waals surface area (Å²) in [5.74, 6) is 0.233. The van der Waals surface area contributed by atoms with E-state index >= 15 is 0 Å². The van der Waals surface area contributed by atoms with E-state index in [0.717, 1.165) is 13.0 Å². The molecule has 0 spiro atoms. The monoisotopic (exact) mass is 270 g/mol. The summed E-state index contributed by atoms with van der Waals surface area (Å²) in [5, 5.41) is 8.61. The van der Waals surface area contributed by atoms with Crippen molar-refractivity contribution in [3.8, 4) is 0 Å². The standard InChI is InChI=1S/C14H26N2O3/c1-10-8-11(2)12(3)16(9-10)14(19)15(4)7-5-6-13(17)18/h10-12H,5-9H2,1-4H3,(H,17,18). The van der Waals surface area contributed by atoms with Crippen LogP contribution in [0.1, 0.15) is 40.0 Å². The zero-order valence-electron chi connectivity index (χ0n) is 12.4. The summed E-state index contributed by atoms with van der Waals surface area (Å²) >= 11 is 0. The molecule has 110 valence electrons. The average molecular weight is 270 g/mol. The van der Waals surface area contributed by atoms with Gasteiger partial charge in [0.25, 0.3) is 0 Å². The Morgan fingerprint density at radius 1 is 1.32 bits per heavy atom. The molecule has 5 nitrogen and oxygen atoms in total. The van der Waals surface area contributed by atoms with Gasteiger partial charge in [-0.2, -0.15) is 0 Å². The SMILES string of the molecule is CC1CC(C)C(C)N(C(=O)N(C)CCCC(=O)O)C1. The number of likely N-dealkylation sites (tertiary alicyclic amines) is 1. The van der Waals surface area contributed by atoms with Crippen molar-refractivity contribution in [2.24, 2.45) is 11.8 Å². The van der Waals surface area contributed by atoms with Crippen molar-refractivity contribution in [2.45, 2.75) is 46.1 Å². The van der Waals surface area contributed by atoms with Crippen molar-refractivity contribution in [1.82, 2.24) is 9.80 Å². The van der Waals surface area contributed by atoms with Gasteiger partial charge in [-0.25, -0.2) is 4.79 Å². The molecule has 1 heterocycles. The first-order valence-electron chi connectivity index (χ1n) is 7.06. The molecule has 2 amide bonds. The van der Waals surface area contributed by atoms with E-state index in [-0.39, 0.29) is 18.5 Å². The molecule has 0 radical (unpaired) electrons. The second kappa shape index (κ2) is 6.78. The summed E-state index contributed by atoms with van der Waals surface area (Å²) in [5.41, 5.74) is 0. The number of rotatable bonds is 4. The molecule has 0 aromatic carbocycles. The number of urea groups is 1. The van der Waals surface area contributed by atoms with Crippen LogP contribution in [0.3, 0.4) is 0 Å². The fourth-order valence-corrected chi connectivity index (χ4v) is 2.75. The number of aliphatic carboxylic acids is 1. The predicted molar refractivity (Wildman–Crippen MR) is 74.0 cm³/mol. The number of carbonyl (C=O) groups excluding carboxylic acids is 1. The largest absolute Gasteiger partial charge is 0.481 e. The molecule has 1 rings (SSSR count). The number of carbonyl (C=O) groups is 2. The van der Waals surface area contributed by atoms with Crippen molar-refractivity contribution in [2.75, 3.05) is 20.1 Å². The Labute approximate surface area is 115 Å². The quantitative estimate of drug-likeness (QED) is 0.852. The van der Waals surface area contributed by atoms with Gasteiger partial charge in [0.1, 0.15) is 0 Å². The maximum Gasteiger partial charge on any atom is 0.319 e. The molecule has 0 aliphatic carbocycles. The van der Waals surface area contributed by atoms with Crippen LogP contribution in [-0.4, -0.2) is 53.1 Å². The molecule has 19 heavy (non-hydrogen) atoms. The minimum atomic E-state index is -0.811. The van der Waals surface area contributed by atoms with Crippen molar-refractivity contribution in [3.05, 3.63) is 0 Å². The summed E-state index contributed by atoms with van der Waals surface area (Å²) in [6, 6.07) is 0.280. The number of carboxylic acid groups (broad SMARTS) is 1. The summed E-state index contributed by atoms with van der Waals surface area (Å²) in [6.07, 6.45) is 1.78. The molecule has 3 atom stereocenters. The lowest BCUT2D eigenvalue weighted by Crippen LogP contribution is -2.53. The second-order valence-corrected chi connectivity index (χ2v) is 5.91. The molecule has 0 saturated carbocycles. The Morgan fingerprint density at radius 2 is 1.95 bits per heavy atom. The normalized spacial score (nSPS) is 27.2. The topological polar surface area (TPSA) is 60.9 Å². The van der Waals surface area contributed by atoms with Crippen molar-refractivity contribution in [1.29, 1.82) is 0 Å². The Bertz CT molecular complexity index is 333. The van der Waals surface area contributed by atoms with Crippen molar-refractivity contribution < 1.29 is 14.7 Å². The van der Waals surface area contributed by atoms with E-state index in [9.17, 15) is 9.59 Å². The smallest absolute Gasteiger partial charge is 0.319 e. The van der Waals surface area contributed by atoms with Gasteiger partial charge in [-0.1, -0.05) is 13.8 Å². The number of nitrogens with zero attached hydrogens (tertiary/aromatic N) is 2. The van der Waals surface area contributed by atoms with Gasteiger partial charge < -0.3 is 14.9 Å². The summed E-state index contributed by atoms with van der Waals surface area (Å²) in [4.78, 5) is 26.4. The van der Waals surface area contributed by atoms with E-state index in [1.807, 2.05) is 4.90 Å². The van der Waals surface area contributed by atoms with E-state index in [4.69, 9.17) is 5.11 Å². The number of hydrogen-bond acceptors (Lipinski definition) is 2. The van der Waals surface area contributed by atoms with Gasteiger partial charge in [0.2, 0.25) is 0 Å². The predicted octanol–water partition coefficient (Wildman–Crippen LogP) is 2.27. The Hall–Kier alpha value is -1.26. The van der Waals surface area contributed by atoms with Crippen LogP contribution in [-0.2, 0) is 4.79 Å². The van der Waals surface area contributed by atoms with E-state index in [0.29, 0.717) is 24.8 Å². The van der Waals surface area contributed by atoms with Gasteiger partial charge in [-0.05, 0) is 31.6 Å². The van der Waals surface area contributed by atoms with Crippen molar-refractivity contribution in [3.63, 3.8) is 0 Å². The minimum Gasteiger partial charge on any atom is -0.481 e. The van der Waals surface area contributed by atoms with Gasteiger partial charge in [0.05, 0.1) is 0 Å². The van der Waals surface area contributed by atoms with Gasteiger partial charge in [-0.3, -0.25) is 4.79 Å². The lowest BCUT2D eigenvalue weighted by Gasteiger charge is -2.42. The molecule has 0 aromatic heterocycles. The maximum atomic E-state index is 12.4. The summed E-state index contributed by atoms with van der Waals surface area (Å²) in [6.45, 7) is 7.75. The van der Waals surface area contributed by atoms with Gasteiger partial charge in [0.15, 0.2) is 0 Å². The summed E-state index contributed by atoms with van der Waals surface area (Å²) < 4.78 is 0.